The number of ether oxygens (including phenoxy) is 2. The molecule has 6 heteroatoms. The molecule has 1 rings (SSSR count). The first-order chi connectivity index (χ1) is 6.66. The Bertz CT molecular complexity index is 342. The fourth-order valence-corrected chi connectivity index (χ4v) is 1.43. The minimum atomic E-state index is -2.41. The van der Waals surface area contributed by atoms with Gasteiger partial charge in [0.25, 0.3) is 0 Å². The number of hydrogen-bond acceptors (Lipinski definition) is 3. The van der Waals surface area contributed by atoms with E-state index in [0.717, 1.165) is 6.07 Å². The molecular formula is C8H9FO4S. The number of methoxy groups -OCH3 is 1. The predicted molar refractivity (Wildman–Crippen MR) is 47.9 cm³/mol. The van der Waals surface area contributed by atoms with Gasteiger partial charge in [-0.05, 0) is 12.1 Å². The molecule has 0 aliphatic rings. The maximum absolute atomic E-state index is 13.1. The summed E-state index contributed by atoms with van der Waals surface area (Å²) in [6.07, 6.45) is 0. The molecule has 0 bridgehead atoms. The van der Waals surface area contributed by atoms with Crippen LogP contribution in [-0.2, 0) is 15.8 Å². The Morgan fingerprint density at radius 1 is 1.57 bits per heavy atom. The molecule has 1 N–H and O–H groups in total. The van der Waals surface area contributed by atoms with E-state index in [1.807, 2.05) is 0 Å². The van der Waals surface area contributed by atoms with Crippen LogP contribution in [0.25, 0.3) is 0 Å². The fourth-order valence-electron chi connectivity index (χ4n) is 0.895. The van der Waals surface area contributed by atoms with Crippen LogP contribution in [0.5, 0.6) is 5.75 Å². The highest BCUT2D eigenvalue weighted by molar-refractivity contribution is 7.79. The highest BCUT2D eigenvalue weighted by atomic mass is 32.2. The molecule has 0 aromatic heterocycles. The van der Waals surface area contributed by atoms with Crippen LogP contribution in [-0.4, -0.2) is 22.7 Å². The molecule has 0 spiro atoms. The van der Waals surface area contributed by atoms with Gasteiger partial charge in [0.15, 0.2) is 17.9 Å². The molecule has 0 amide bonds. The summed E-state index contributed by atoms with van der Waals surface area (Å²) < 4.78 is 42.1. The monoisotopic (exact) mass is 220 g/mol. The van der Waals surface area contributed by atoms with Gasteiger partial charge in [0.2, 0.25) is 0 Å². The Hall–Kier alpha value is -0.980. The molecular weight excluding hydrogens is 211 g/mol. The van der Waals surface area contributed by atoms with Crippen LogP contribution in [0.2, 0.25) is 0 Å². The van der Waals surface area contributed by atoms with E-state index >= 15 is 0 Å². The largest absolute Gasteiger partial charge is 0.466 e. The van der Waals surface area contributed by atoms with Crippen LogP contribution in [0.1, 0.15) is 0 Å². The molecule has 0 aliphatic heterocycles. The zero-order valence-electron chi connectivity index (χ0n) is 7.40. The zero-order valence-corrected chi connectivity index (χ0v) is 8.21. The average molecular weight is 220 g/mol. The van der Waals surface area contributed by atoms with Gasteiger partial charge < -0.3 is 14.0 Å². The van der Waals surface area contributed by atoms with Crippen molar-refractivity contribution in [3.8, 4) is 5.75 Å². The van der Waals surface area contributed by atoms with Gasteiger partial charge in [-0.2, -0.15) is 0 Å². The standard InChI is InChI=1S/C8H9FO4S/c1-12-5-13-7-4-2-3-6(9)8(7)14(10)11/h2-4H,5H2,1H3,(H,10,11). The summed E-state index contributed by atoms with van der Waals surface area (Å²) in [5.74, 6) is -0.771. The maximum atomic E-state index is 13.1. The quantitative estimate of drug-likeness (QED) is 0.615. The molecule has 0 fully saturated rings. The maximum Gasteiger partial charge on any atom is 0.193 e. The molecule has 1 aromatic rings. The molecule has 1 aromatic carbocycles. The first kappa shape index (κ1) is 11.1. The van der Waals surface area contributed by atoms with E-state index in [4.69, 9.17) is 9.29 Å². The third kappa shape index (κ3) is 2.50. The van der Waals surface area contributed by atoms with Crippen molar-refractivity contribution in [2.24, 2.45) is 0 Å². The highest BCUT2D eigenvalue weighted by Crippen LogP contribution is 2.24. The lowest BCUT2D eigenvalue weighted by molar-refractivity contribution is 0.0486. The normalized spacial score (nSPS) is 12.5. The van der Waals surface area contributed by atoms with Crippen molar-refractivity contribution in [1.29, 1.82) is 0 Å². The van der Waals surface area contributed by atoms with Crippen LogP contribution < -0.4 is 4.74 Å². The van der Waals surface area contributed by atoms with Gasteiger partial charge in [-0.15, -0.1) is 0 Å². The van der Waals surface area contributed by atoms with Crippen molar-refractivity contribution in [3.63, 3.8) is 0 Å². The topological polar surface area (TPSA) is 55.8 Å². The molecule has 0 heterocycles. The van der Waals surface area contributed by atoms with Crippen molar-refractivity contribution < 1.29 is 22.6 Å². The third-order valence-corrected chi connectivity index (χ3v) is 2.18. The fraction of sp³-hybridized carbons (Fsp3) is 0.250. The van der Waals surface area contributed by atoms with Crippen molar-refractivity contribution in [3.05, 3.63) is 24.0 Å². The lowest BCUT2D eigenvalue weighted by Gasteiger charge is -2.08. The molecule has 0 saturated heterocycles. The number of hydrogen-bond donors (Lipinski definition) is 1. The van der Waals surface area contributed by atoms with Gasteiger partial charge in [0.1, 0.15) is 16.5 Å². The van der Waals surface area contributed by atoms with Crippen LogP contribution in [0.4, 0.5) is 4.39 Å². The van der Waals surface area contributed by atoms with E-state index in [1.165, 1.54) is 19.2 Å². The Kier molecular flexibility index (Phi) is 3.99. The van der Waals surface area contributed by atoms with E-state index in [2.05, 4.69) is 4.74 Å². The lowest BCUT2D eigenvalue weighted by atomic mass is 10.3. The summed E-state index contributed by atoms with van der Waals surface area (Å²) in [6, 6.07) is 3.87. The minimum Gasteiger partial charge on any atom is -0.466 e. The summed E-state index contributed by atoms with van der Waals surface area (Å²) in [5, 5.41) is 0. The summed E-state index contributed by atoms with van der Waals surface area (Å²) >= 11 is -2.41. The summed E-state index contributed by atoms with van der Waals surface area (Å²) in [6.45, 7) is -0.104. The average Bonchev–Trinajstić information content (AvgIpc) is 2.14. The summed E-state index contributed by atoms with van der Waals surface area (Å²) in [7, 11) is 1.40. The smallest absolute Gasteiger partial charge is 0.193 e. The highest BCUT2D eigenvalue weighted by Gasteiger charge is 2.14. The molecule has 0 radical (unpaired) electrons. The number of rotatable bonds is 4. The Morgan fingerprint density at radius 2 is 2.29 bits per heavy atom. The number of benzene rings is 1. The second-order valence-corrected chi connectivity index (χ2v) is 3.27. The Morgan fingerprint density at radius 3 is 2.86 bits per heavy atom. The van der Waals surface area contributed by atoms with Crippen molar-refractivity contribution in [2.75, 3.05) is 13.9 Å². The van der Waals surface area contributed by atoms with Crippen LogP contribution in [0.15, 0.2) is 23.1 Å². The Balaban J connectivity index is 3.02. The molecule has 14 heavy (non-hydrogen) atoms. The molecule has 78 valence electrons. The first-order valence-electron chi connectivity index (χ1n) is 3.68. The van der Waals surface area contributed by atoms with Gasteiger partial charge in [0.05, 0.1) is 0 Å². The van der Waals surface area contributed by atoms with Gasteiger partial charge >= 0.3 is 0 Å². The van der Waals surface area contributed by atoms with Crippen LogP contribution in [0, 0.1) is 5.82 Å². The molecule has 4 nitrogen and oxygen atoms in total. The van der Waals surface area contributed by atoms with E-state index in [9.17, 15) is 8.60 Å². The second kappa shape index (κ2) is 5.04. The predicted octanol–water partition coefficient (Wildman–Crippen LogP) is 1.39. The number of halogens is 1. The van der Waals surface area contributed by atoms with E-state index in [0.29, 0.717) is 0 Å². The summed E-state index contributed by atoms with van der Waals surface area (Å²) in [5.41, 5.74) is 0. The zero-order chi connectivity index (χ0) is 10.6. The summed E-state index contributed by atoms with van der Waals surface area (Å²) in [4.78, 5) is -0.371. The van der Waals surface area contributed by atoms with Gasteiger partial charge in [-0.3, -0.25) is 0 Å². The van der Waals surface area contributed by atoms with Gasteiger partial charge in [-0.25, -0.2) is 8.60 Å². The molecule has 1 unspecified atom stereocenters. The van der Waals surface area contributed by atoms with Gasteiger partial charge in [0, 0.05) is 7.11 Å². The SMILES string of the molecule is COCOc1cccc(F)c1S(=O)O. The molecule has 1 atom stereocenters. The van der Waals surface area contributed by atoms with E-state index in [-0.39, 0.29) is 17.4 Å². The van der Waals surface area contributed by atoms with Crippen LogP contribution in [0.3, 0.4) is 0 Å². The second-order valence-electron chi connectivity index (χ2n) is 2.37. The van der Waals surface area contributed by atoms with Crippen LogP contribution >= 0.6 is 0 Å². The minimum absolute atomic E-state index is 0.00711. The first-order valence-corrected chi connectivity index (χ1v) is 4.78. The molecule has 0 saturated carbocycles. The van der Waals surface area contributed by atoms with E-state index in [1.54, 1.807) is 0 Å². The van der Waals surface area contributed by atoms with Crippen molar-refractivity contribution >= 4 is 11.1 Å². The van der Waals surface area contributed by atoms with Crippen molar-refractivity contribution in [1.82, 2.24) is 0 Å². The van der Waals surface area contributed by atoms with E-state index < -0.39 is 16.9 Å². The Labute approximate surface area is 82.9 Å². The lowest BCUT2D eigenvalue weighted by Crippen LogP contribution is -2.04. The van der Waals surface area contributed by atoms with Crippen molar-refractivity contribution in [2.45, 2.75) is 4.90 Å². The van der Waals surface area contributed by atoms with Gasteiger partial charge in [-0.1, -0.05) is 6.07 Å². The third-order valence-electron chi connectivity index (χ3n) is 1.44. The molecule has 0 aliphatic carbocycles.